The van der Waals surface area contributed by atoms with Gasteiger partial charge < -0.3 is 4.90 Å². The van der Waals surface area contributed by atoms with Gasteiger partial charge >= 0.3 is 0 Å². The van der Waals surface area contributed by atoms with Crippen molar-refractivity contribution in [2.75, 3.05) is 18.1 Å². The van der Waals surface area contributed by atoms with Crippen LogP contribution < -0.4 is 0 Å². The monoisotopic (exact) mass is 285 g/mol. The number of rotatable bonds is 1. The number of amides is 1. The van der Waals surface area contributed by atoms with Gasteiger partial charge in [0.2, 0.25) is 0 Å². The molecule has 1 amide bonds. The second kappa shape index (κ2) is 4.92. The van der Waals surface area contributed by atoms with Crippen LogP contribution in [-0.4, -0.2) is 43.3 Å². The number of aryl methyl sites for hydroxylation is 1. The van der Waals surface area contributed by atoms with Crippen molar-refractivity contribution in [3.05, 3.63) is 35.1 Å². The molecule has 0 aliphatic carbocycles. The van der Waals surface area contributed by atoms with E-state index in [0.29, 0.717) is 0 Å². The van der Waals surface area contributed by atoms with Crippen LogP contribution in [0.15, 0.2) is 18.2 Å². The van der Waals surface area contributed by atoms with Crippen LogP contribution in [0.3, 0.4) is 0 Å². The quantitative estimate of drug-likeness (QED) is 0.783. The fourth-order valence-corrected chi connectivity index (χ4v) is 3.81. The zero-order valence-electron chi connectivity index (χ0n) is 10.9. The highest BCUT2D eigenvalue weighted by molar-refractivity contribution is 7.91. The maximum atomic E-state index is 13.8. The highest BCUT2D eigenvalue weighted by Gasteiger charge is 2.32. The minimum atomic E-state index is -3.09. The van der Waals surface area contributed by atoms with Gasteiger partial charge in [0.25, 0.3) is 5.91 Å². The first-order chi connectivity index (χ1) is 8.80. The molecule has 1 aliphatic rings. The van der Waals surface area contributed by atoms with Crippen molar-refractivity contribution in [1.29, 1.82) is 0 Å². The van der Waals surface area contributed by atoms with Gasteiger partial charge in [-0.2, -0.15) is 0 Å². The summed E-state index contributed by atoms with van der Waals surface area (Å²) in [6.45, 7) is 3.53. The molecule has 1 atom stereocenters. The molecule has 0 radical (unpaired) electrons. The minimum Gasteiger partial charge on any atom is -0.334 e. The lowest BCUT2D eigenvalue weighted by Gasteiger charge is -2.33. The molecule has 0 aromatic heterocycles. The average Bonchev–Trinajstić information content (AvgIpc) is 2.26. The minimum absolute atomic E-state index is 0.00301. The summed E-state index contributed by atoms with van der Waals surface area (Å²) in [4.78, 5) is 13.7. The van der Waals surface area contributed by atoms with Gasteiger partial charge in [-0.05, 0) is 31.5 Å². The Labute approximate surface area is 112 Å². The Kier molecular flexibility index (Phi) is 3.62. The third-order valence-corrected chi connectivity index (χ3v) is 5.08. The summed E-state index contributed by atoms with van der Waals surface area (Å²) in [5.74, 6) is -1.13. The predicted octanol–water partition coefficient (Wildman–Crippen LogP) is 1.39. The first kappa shape index (κ1) is 14.0. The Morgan fingerprint density at radius 3 is 2.68 bits per heavy atom. The zero-order chi connectivity index (χ0) is 14.2. The SMILES string of the molecule is Cc1ccc(C(=O)N2CCS(=O)(=O)CC2C)c(F)c1. The molecule has 1 fully saturated rings. The second-order valence-corrected chi connectivity index (χ2v) is 7.17. The number of hydrogen-bond donors (Lipinski definition) is 0. The van der Waals surface area contributed by atoms with Gasteiger partial charge in [-0.3, -0.25) is 4.79 Å². The van der Waals surface area contributed by atoms with E-state index in [1.807, 2.05) is 0 Å². The maximum absolute atomic E-state index is 13.8. The van der Waals surface area contributed by atoms with E-state index >= 15 is 0 Å². The van der Waals surface area contributed by atoms with E-state index in [1.54, 1.807) is 19.9 Å². The maximum Gasteiger partial charge on any atom is 0.257 e. The molecule has 6 heteroatoms. The van der Waals surface area contributed by atoms with E-state index in [2.05, 4.69) is 0 Å². The van der Waals surface area contributed by atoms with Gasteiger partial charge in [0, 0.05) is 12.6 Å². The summed E-state index contributed by atoms with van der Waals surface area (Å²) in [7, 11) is -3.09. The summed E-state index contributed by atoms with van der Waals surface area (Å²) < 4.78 is 36.7. The number of benzene rings is 1. The van der Waals surface area contributed by atoms with E-state index in [9.17, 15) is 17.6 Å². The van der Waals surface area contributed by atoms with Crippen molar-refractivity contribution in [2.45, 2.75) is 19.9 Å². The Hall–Kier alpha value is -1.43. The fourth-order valence-electron chi connectivity index (χ4n) is 2.25. The first-order valence-electron chi connectivity index (χ1n) is 6.08. The highest BCUT2D eigenvalue weighted by Crippen LogP contribution is 2.18. The third kappa shape index (κ3) is 2.94. The van der Waals surface area contributed by atoms with Gasteiger partial charge in [-0.25, -0.2) is 12.8 Å². The fraction of sp³-hybridized carbons (Fsp3) is 0.462. The number of carbonyl (C=O) groups is 1. The molecule has 19 heavy (non-hydrogen) atoms. The van der Waals surface area contributed by atoms with Crippen LogP contribution in [0, 0.1) is 12.7 Å². The van der Waals surface area contributed by atoms with Crippen molar-refractivity contribution in [3.8, 4) is 0 Å². The third-order valence-electron chi connectivity index (χ3n) is 3.29. The van der Waals surface area contributed by atoms with E-state index < -0.39 is 27.6 Å². The molecule has 1 saturated heterocycles. The van der Waals surface area contributed by atoms with Crippen LogP contribution in [-0.2, 0) is 9.84 Å². The molecule has 4 nitrogen and oxygen atoms in total. The number of halogens is 1. The van der Waals surface area contributed by atoms with Crippen molar-refractivity contribution in [1.82, 2.24) is 4.90 Å². The van der Waals surface area contributed by atoms with Crippen LogP contribution in [0.1, 0.15) is 22.8 Å². The molecule has 1 aromatic carbocycles. The van der Waals surface area contributed by atoms with E-state index in [4.69, 9.17) is 0 Å². The first-order valence-corrected chi connectivity index (χ1v) is 7.90. The summed E-state index contributed by atoms with van der Waals surface area (Å²) in [5, 5.41) is 0. The standard InChI is InChI=1S/C13H16FNO3S/c1-9-3-4-11(12(14)7-9)13(16)15-5-6-19(17,18)8-10(15)2/h3-4,7,10H,5-6,8H2,1-2H3. The smallest absolute Gasteiger partial charge is 0.257 e. The predicted molar refractivity (Wildman–Crippen MR) is 70.3 cm³/mol. The lowest BCUT2D eigenvalue weighted by atomic mass is 10.1. The number of hydrogen-bond acceptors (Lipinski definition) is 3. The molecule has 0 bridgehead atoms. The number of nitrogens with zero attached hydrogens (tertiary/aromatic N) is 1. The topological polar surface area (TPSA) is 54.5 Å². The van der Waals surface area contributed by atoms with Gasteiger partial charge in [-0.15, -0.1) is 0 Å². The molecule has 1 aliphatic heterocycles. The lowest BCUT2D eigenvalue weighted by molar-refractivity contribution is 0.0708. The Morgan fingerprint density at radius 1 is 1.42 bits per heavy atom. The summed E-state index contributed by atoms with van der Waals surface area (Å²) in [5.41, 5.74) is 0.736. The Morgan fingerprint density at radius 2 is 2.11 bits per heavy atom. The van der Waals surface area contributed by atoms with E-state index in [1.165, 1.54) is 17.0 Å². The summed E-state index contributed by atoms with van der Waals surface area (Å²) in [6.07, 6.45) is 0. The molecular weight excluding hydrogens is 269 g/mol. The van der Waals surface area contributed by atoms with E-state index in [0.717, 1.165) is 5.56 Å². The molecule has 0 spiro atoms. The normalized spacial score (nSPS) is 22.3. The van der Waals surface area contributed by atoms with Crippen LogP contribution in [0.4, 0.5) is 4.39 Å². The van der Waals surface area contributed by atoms with Gasteiger partial charge in [-0.1, -0.05) is 6.07 Å². The summed E-state index contributed by atoms with van der Waals surface area (Å²) in [6, 6.07) is 4.00. The largest absolute Gasteiger partial charge is 0.334 e. The Bertz CT molecular complexity index is 612. The van der Waals surface area contributed by atoms with Gasteiger partial charge in [0.05, 0.1) is 17.1 Å². The van der Waals surface area contributed by atoms with Crippen molar-refractivity contribution in [3.63, 3.8) is 0 Å². The van der Waals surface area contributed by atoms with E-state index in [-0.39, 0.29) is 23.6 Å². The Balaban J connectivity index is 2.25. The molecule has 1 unspecified atom stereocenters. The molecule has 104 valence electrons. The lowest BCUT2D eigenvalue weighted by Crippen LogP contribution is -2.49. The van der Waals surface area contributed by atoms with Gasteiger partial charge in [0.15, 0.2) is 9.84 Å². The molecule has 0 N–H and O–H groups in total. The molecule has 1 aromatic rings. The van der Waals surface area contributed by atoms with Crippen molar-refractivity contribution >= 4 is 15.7 Å². The van der Waals surface area contributed by atoms with Crippen molar-refractivity contribution in [2.24, 2.45) is 0 Å². The van der Waals surface area contributed by atoms with Crippen LogP contribution in [0.2, 0.25) is 0 Å². The molecule has 0 saturated carbocycles. The number of carbonyl (C=O) groups excluding carboxylic acids is 1. The number of sulfone groups is 1. The van der Waals surface area contributed by atoms with Crippen LogP contribution in [0.25, 0.3) is 0 Å². The van der Waals surface area contributed by atoms with Crippen LogP contribution >= 0.6 is 0 Å². The van der Waals surface area contributed by atoms with Crippen LogP contribution in [0.5, 0.6) is 0 Å². The molecule has 2 rings (SSSR count). The molecular formula is C13H16FNO3S. The summed E-state index contributed by atoms with van der Waals surface area (Å²) >= 11 is 0. The molecule has 1 heterocycles. The van der Waals surface area contributed by atoms with Crippen molar-refractivity contribution < 1.29 is 17.6 Å². The average molecular weight is 285 g/mol. The second-order valence-electron chi connectivity index (χ2n) is 4.95. The highest BCUT2D eigenvalue weighted by atomic mass is 32.2. The van der Waals surface area contributed by atoms with Gasteiger partial charge in [0.1, 0.15) is 5.82 Å². The zero-order valence-corrected chi connectivity index (χ0v) is 11.7.